The van der Waals surface area contributed by atoms with E-state index in [1.54, 1.807) is 0 Å². The first-order valence-electron chi connectivity index (χ1n) is 23.2. The zero-order chi connectivity index (χ0) is 52.2. The number of rotatable bonds is 12. The Kier molecular flexibility index (Phi) is 26.0. The van der Waals surface area contributed by atoms with Crippen LogP contribution in [0, 0.1) is 69.2 Å². The van der Waals surface area contributed by atoms with Gasteiger partial charge in [-0.15, -0.1) is 0 Å². The molecule has 0 aliphatic rings. The number of hydrogen-bond donors (Lipinski definition) is 0. The van der Waals surface area contributed by atoms with Crippen molar-refractivity contribution in [2.75, 3.05) is 14.1 Å². The fraction of sp³-hybridized carbons (Fsp3) is 0.345. The fourth-order valence-electron chi connectivity index (χ4n) is 8.95. The summed E-state index contributed by atoms with van der Waals surface area (Å²) >= 11 is 0.764. The summed E-state index contributed by atoms with van der Waals surface area (Å²) in [6.07, 6.45) is 3.16. The van der Waals surface area contributed by atoms with Crippen molar-refractivity contribution in [1.82, 2.24) is 9.97 Å². The molecule has 0 N–H and O–H groups in total. The third-order valence-corrected chi connectivity index (χ3v) is 12.0. The van der Waals surface area contributed by atoms with Gasteiger partial charge in [0.2, 0.25) is 11.4 Å². The summed E-state index contributed by atoms with van der Waals surface area (Å²) in [5, 5.41) is 0. The molecule has 2 aromatic heterocycles. The Morgan fingerprint density at radius 2 is 0.686 bits per heavy atom. The van der Waals surface area contributed by atoms with Crippen LogP contribution in [0.1, 0.15) is 106 Å². The van der Waals surface area contributed by atoms with Gasteiger partial charge in [0.1, 0.15) is 14.1 Å². The second-order valence-corrected chi connectivity index (χ2v) is 21.7. The molecule has 0 radical (unpaired) electrons. The fourth-order valence-corrected chi connectivity index (χ4v) is 8.95. The molecule has 70 heavy (non-hydrogen) atoms. The Balaban J connectivity index is 0.000000333. The molecule has 0 bridgehead atoms. The molecule has 6 nitrogen and oxygen atoms in total. The Morgan fingerprint density at radius 1 is 0.414 bits per heavy atom. The van der Waals surface area contributed by atoms with Crippen LogP contribution >= 0.6 is 40.6 Å². The van der Waals surface area contributed by atoms with Crippen molar-refractivity contribution in [3.05, 3.63) is 175 Å². The van der Waals surface area contributed by atoms with E-state index in [4.69, 9.17) is 60.5 Å². The van der Waals surface area contributed by atoms with E-state index in [0.29, 0.717) is 25.8 Å². The molecular formula is C58H72Cl4Co2N6+2. The molecule has 0 saturated carbocycles. The van der Waals surface area contributed by atoms with E-state index in [9.17, 15) is 0 Å². The predicted molar refractivity (Wildman–Crippen MR) is 298 cm³/mol. The Labute approximate surface area is 449 Å². The number of aryl methyl sites for hydroxylation is 10. The molecule has 6 aromatic rings. The summed E-state index contributed by atoms with van der Waals surface area (Å²) in [7, 11) is 23.2. The molecule has 0 saturated heterocycles. The van der Waals surface area contributed by atoms with Crippen LogP contribution in [0.25, 0.3) is 0 Å². The first-order chi connectivity index (χ1) is 33.1. The number of aliphatic imine (C=N–C) groups is 2. The van der Waals surface area contributed by atoms with Gasteiger partial charge in [-0.05, 0) is 142 Å². The van der Waals surface area contributed by atoms with E-state index >= 15 is 0 Å². The minimum atomic E-state index is 0.382. The number of hydrogen-bond acceptors (Lipinski definition) is 4. The van der Waals surface area contributed by atoms with Gasteiger partial charge in [0, 0.05) is 71.8 Å². The first-order valence-corrected chi connectivity index (χ1v) is 28.9. The first kappa shape index (κ1) is 60.3. The molecule has 0 amide bonds. The third-order valence-electron chi connectivity index (χ3n) is 12.0. The number of pyridine rings is 2. The van der Waals surface area contributed by atoms with Crippen molar-refractivity contribution in [3.63, 3.8) is 0 Å². The normalized spacial score (nSPS) is 12.2. The van der Waals surface area contributed by atoms with Crippen molar-refractivity contribution in [2.45, 2.75) is 123 Å². The molecule has 2 heterocycles. The number of benzene rings is 4. The van der Waals surface area contributed by atoms with Crippen LogP contribution < -0.4 is 0 Å². The van der Waals surface area contributed by atoms with E-state index in [2.05, 4.69) is 217 Å². The average Bonchev–Trinajstić information content (AvgIpc) is 3.27. The van der Waals surface area contributed by atoms with Crippen LogP contribution in [-0.2, 0) is 51.5 Å². The van der Waals surface area contributed by atoms with Gasteiger partial charge in [0.05, 0.1) is 35.6 Å². The summed E-state index contributed by atoms with van der Waals surface area (Å²) in [4.78, 5) is 19.7. The zero-order valence-corrected chi connectivity index (χ0v) is 49.0. The van der Waals surface area contributed by atoms with Crippen molar-refractivity contribution in [3.8, 4) is 0 Å². The molecule has 0 unspecified atom stereocenters. The number of halogens is 4. The van der Waals surface area contributed by atoms with Gasteiger partial charge in [-0.2, -0.15) is 0 Å². The van der Waals surface area contributed by atoms with Gasteiger partial charge in [-0.25, -0.2) is 9.15 Å². The van der Waals surface area contributed by atoms with Gasteiger partial charge in [0.25, 0.3) is 0 Å². The number of para-hydroxylation sites is 2. The van der Waals surface area contributed by atoms with Crippen LogP contribution in [0.3, 0.4) is 0 Å². The second-order valence-electron chi connectivity index (χ2n) is 18.3. The van der Waals surface area contributed by atoms with Gasteiger partial charge >= 0.3 is 66.4 Å². The van der Waals surface area contributed by atoms with Gasteiger partial charge in [0.15, 0.2) is 11.4 Å². The zero-order valence-electron chi connectivity index (χ0n) is 43.9. The summed E-state index contributed by atoms with van der Waals surface area (Å²) < 4.78 is 4.61. The van der Waals surface area contributed by atoms with Crippen LogP contribution in [-0.4, -0.2) is 56.1 Å². The SMILES string of the molecule is CC(Cc1cccc(CC(C)=[N+](C)c2c(C)cc(C)cc2C)n1)=Nc1c(C)cc(C)cc1C.CC(Cc1cccc(CC(C)=[N+](C)c2c(C)cccc2C)n1)=Nc1c(C)cccc1C.[Cl][Co][Cl].[Cl][Co][Cl]. The summed E-state index contributed by atoms with van der Waals surface area (Å²) in [6, 6.07) is 34.3. The molecule has 0 spiro atoms. The molecule has 378 valence electrons. The molecule has 0 fully saturated rings. The van der Waals surface area contributed by atoms with E-state index in [1.165, 1.54) is 78.4 Å². The number of nitrogens with zero attached hydrogens (tertiary/aromatic N) is 6. The second kappa shape index (κ2) is 30.2. The maximum atomic E-state index is 4.96. The van der Waals surface area contributed by atoms with Gasteiger partial charge in [-0.1, -0.05) is 71.8 Å². The molecule has 4 aromatic carbocycles. The van der Waals surface area contributed by atoms with Crippen molar-refractivity contribution < 1.29 is 34.9 Å². The number of aromatic nitrogens is 2. The van der Waals surface area contributed by atoms with Crippen molar-refractivity contribution in [2.24, 2.45) is 9.98 Å². The summed E-state index contributed by atoms with van der Waals surface area (Å²) in [5.74, 6) is 0. The van der Waals surface area contributed by atoms with Crippen LogP contribution in [0.4, 0.5) is 22.7 Å². The van der Waals surface area contributed by atoms with Crippen LogP contribution in [0.15, 0.2) is 107 Å². The van der Waals surface area contributed by atoms with Crippen LogP contribution in [0.2, 0.25) is 0 Å². The third kappa shape index (κ3) is 18.9. The molecule has 12 heteroatoms. The monoisotopic (exact) mass is 1110 g/mol. The van der Waals surface area contributed by atoms with E-state index in [-0.39, 0.29) is 0 Å². The van der Waals surface area contributed by atoms with E-state index in [1.807, 2.05) is 0 Å². The minimum absolute atomic E-state index is 0.382. The Bertz CT molecular complexity index is 2760. The average molecular weight is 1110 g/mol. The molecule has 6 rings (SSSR count). The maximum absolute atomic E-state index is 4.96. The summed E-state index contributed by atoms with van der Waals surface area (Å²) in [5.41, 5.74) is 26.4. The molecular weight excluding hydrogens is 1040 g/mol. The quantitative estimate of drug-likeness (QED) is 0.0906. The van der Waals surface area contributed by atoms with Gasteiger partial charge in [-0.3, -0.25) is 20.0 Å². The summed E-state index contributed by atoms with van der Waals surface area (Å²) in [6.45, 7) is 30.1. The Hall–Kier alpha value is -3.97. The molecule has 0 aliphatic heterocycles. The van der Waals surface area contributed by atoms with E-state index in [0.717, 1.165) is 71.3 Å². The molecule has 0 atom stereocenters. The van der Waals surface area contributed by atoms with Crippen molar-refractivity contribution >= 4 is 86.2 Å². The standard InChI is InChI=1S/C30H38N3.C28H34N3.4ClH.2Co/c1-19-13-21(3)29(22(4)14-19)31-25(7)17-27-11-10-12-28(32-27)18-26(8)33(9)30-23(5)15-20(2)16-24(30)6;1-19-11-8-12-20(2)27(19)29-23(5)17-25-15-10-16-26(30-25)18-24(6)31(7)28-21(3)13-9-14-22(28)4;;;;;;/h10-16H,17-18H2,1-9H3;8-16H,17-18H2,1-7H3;4*1H;;/q2*+1;;;;;2*+2/p-4. The van der Waals surface area contributed by atoms with Crippen molar-refractivity contribution in [1.29, 1.82) is 0 Å². The predicted octanol–water partition coefficient (Wildman–Crippen LogP) is 16.6. The van der Waals surface area contributed by atoms with Crippen LogP contribution in [0.5, 0.6) is 0 Å². The molecule has 0 aliphatic carbocycles. The topological polar surface area (TPSA) is 56.5 Å². The van der Waals surface area contributed by atoms with E-state index < -0.39 is 0 Å². The Morgan fingerprint density at radius 3 is 1.04 bits per heavy atom. The van der Waals surface area contributed by atoms with Gasteiger partial charge < -0.3 is 0 Å².